The van der Waals surface area contributed by atoms with Crippen molar-refractivity contribution < 1.29 is 4.79 Å². The standard InChI is InChI=1S/C13H23N3O/c1-3-5-11(6-4-2)13(17)15-8-7-12-9-14-10-16-12/h9-11H,3-8H2,1-2H3,(H,14,16)(H,15,17). The summed E-state index contributed by atoms with van der Waals surface area (Å²) in [6.45, 7) is 4.94. The van der Waals surface area contributed by atoms with Crippen LogP contribution in [0.2, 0.25) is 0 Å². The van der Waals surface area contributed by atoms with Gasteiger partial charge in [-0.2, -0.15) is 0 Å². The van der Waals surface area contributed by atoms with Crippen molar-refractivity contribution in [3.8, 4) is 0 Å². The van der Waals surface area contributed by atoms with Crippen LogP contribution in [0.25, 0.3) is 0 Å². The molecule has 4 heteroatoms. The number of rotatable bonds is 8. The summed E-state index contributed by atoms with van der Waals surface area (Å²) in [6.07, 6.45) is 8.39. The van der Waals surface area contributed by atoms with Crippen molar-refractivity contribution in [1.82, 2.24) is 15.3 Å². The van der Waals surface area contributed by atoms with Crippen LogP contribution in [0.15, 0.2) is 12.5 Å². The Labute approximate surface area is 103 Å². The molecule has 0 fully saturated rings. The number of carbonyl (C=O) groups is 1. The van der Waals surface area contributed by atoms with Crippen LogP contribution in [-0.4, -0.2) is 22.4 Å². The van der Waals surface area contributed by atoms with E-state index >= 15 is 0 Å². The molecule has 2 N–H and O–H groups in total. The molecule has 96 valence electrons. The van der Waals surface area contributed by atoms with Gasteiger partial charge in [-0.1, -0.05) is 26.7 Å². The largest absolute Gasteiger partial charge is 0.355 e. The molecular weight excluding hydrogens is 214 g/mol. The van der Waals surface area contributed by atoms with Gasteiger partial charge in [0.2, 0.25) is 5.91 Å². The lowest BCUT2D eigenvalue weighted by Gasteiger charge is -2.14. The lowest BCUT2D eigenvalue weighted by molar-refractivity contribution is -0.125. The fourth-order valence-corrected chi connectivity index (χ4v) is 1.99. The topological polar surface area (TPSA) is 57.8 Å². The third-order valence-electron chi connectivity index (χ3n) is 2.89. The normalized spacial score (nSPS) is 10.8. The summed E-state index contributed by atoms with van der Waals surface area (Å²) in [4.78, 5) is 18.9. The summed E-state index contributed by atoms with van der Waals surface area (Å²) in [6, 6.07) is 0. The maximum Gasteiger partial charge on any atom is 0.223 e. The molecule has 0 saturated carbocycles. The number of hydrogen-bond acceptors (Lipinski definition) is 2. The molecule has 0 aliphatic heterocycles. The number of carbonyl (C=O) groups excluding carboxylic acids is 1. The summed E-state index contributed by atoms with van der Waals surface area (Å²) in [5, 5.41) is 3.00. The summed E-state index contributed by atoms with van der Waals surface area (Å²) in [5.74, 6) is 0.389. The van der Waals surface area contributed by atoms with Gasteiger partial charge in [-0.05, 0) is 12.8 Å². The molecule has 17 heavy (non-hydrogen) atoms. The van der Waals surface area contributed by atoms with E-state index in [0.29, 0.717) is 6.54 Å². The second kappa shape index (κ2) is 7.87. The molecule has 1 rings (SSSR count). The summed E-state index contributed by atoms with van der Waals surface area (Å²) < 4.78 is 0. The van der Waals surface area contributed by atoms with Gasteiger partial charge < -0.3 is 10.3 Å². The Bertz CT molecular complexity index is 302. The van der Waals surface area contributed by atoms with Crippen LogP contribution in [0, 0.1) is 5.92 Å². The first-order valence-corrected chi connectivity index (χ1v) is 6.52. The van der Waals surface area contributed by atoms with Gasteiger partial charge in [0.1, 0.15) is 0 Å². The van der Waals surface area contributed by atoms with Crippen LogP contribution in [0.5, 0.6) is 0 Å². The lowest BCUT2D eigenvalue weighted by Crippen LogP contribution is -2.32. The molecule has 1 amide bonds. The zero-order valence-electron chi connectivity index (χ0n) is 10.8. The molecule has 1 heterocycles. The molecule has 0 saturated heterocycles. The van der Waals surface area contributed by atoms with Gasteiger partial charge in [-0.15, -0.1) is 0 Å². The highest BCUT2D eigenvalue weighted by Gasteiger charge is 2.15. The van der Waals surface area contributed by atoms with Crippen molar-refractivity contribution >= 4 is 5.91 Å². The van der Waals surface area contributed by atoms with Gasteiger partial charge in [0.25, 0.3) is 0 Å². The number of aromatic nitrogens is 2. The maximum atomic E-state index is 11.9. The Balaban J connectivity index is 2.26. The van der Waals surface area contributed by atoms with Crippen LogP contribution in [0.3, 0.4) is 0 Å². The monoisotopic (exact) mass is 237 g/mol. The SMILES string of the molecule is CCCC(CCC)C(=O)NCCc1cnc[nH]1. The number of nitrogens with zero attached hydrogens (tertiary/aromatic N) is 1. The highest BCUT2D eigenvalue weighted by Crippen LogP contribution is 2.13. The molecule has 0 spiro atoms. The average molecular weight is 237 g/mol. The highest BCUT2D eigenvalue weighted by molar-refractivity contribution is 5.78. The van der Waals surface area contributed by atoms with Gasteiger partial charge in [0, 0.05) is 30.8 Å². The predicted molar refractivity (Wildman–Crippen MR) is 68.6 cm³/mol. The number of imidazole rings is 1. The second-order valence-corrected chi connectivity index (χ2v) is 4.39. The molecule has 0 radical (unpaired) electrons. The van der Waals surface area contributed by atoms with Gasteiger partial charge >= 0.3 is 0 Å². The molecule has 1 aromatic rings. The molecule has 0 aliphatic carbocycles. The Morgan fingerprint density at radius 3 is 2.65 bits per heavy atom. The van der Waals surface area contributed by atoms with Gasteiger partial charge in [0.05, 0.1) is 6.33 Å². The van der Waals surface area contributed by atoms with Crippen LogP contribution in [0.1, 0.15) is 45.2 Å². The predicted octanol–water partition coefficient (Wildman–Crippen LogP) is 2.28. The Hall–Kier alpha value is -1.32. The molecule has 0 aromatic carbocycles. The number of amides is 1. The fourth-order valence-electron chi connectivity index (χ4n) is 1.99. The summed E-state index contributed by atoms with van der Waals surface area (Å²) in [5.41, 5.74) is 1.06. The lowest BCUT2D eigenvalue weighted by atomic mass is 9.97. The van der Waals surface area contributed by atoms with Crippen LogP contribution >= 0.6 is 0 Å². The fraction of sp³-hybridized carbons (Fsp3) is 0.692. The van der Waals surface area contributed by atoms with E-state index in [2.05, 4.69) is 29.1 Å². The van der Waals surface area contributed by atoms with E-state index in [1.165, 1.54) is 0 Å². The Morgan fingerprint density at radius 1 is 1.41 bits per heavy atom. The van der Waals surface area contributed by atoms with Crippen molar-refractivity contribution in [3.63, 3.8) is 0 Å². The first-order chi connectivity index (χ1) is 8.27. The van der Waals surface area contributed by atoms with Gasteiger partial charge in [-0.25, -0.2) is 4.98 Å². The average Bonchev–Trinajstić information content (AvgIpc) is 2.81. The van der Waals surface area contributed by atoms with Crippen LogP contribution < -0.4 is 5.32 Å². The second-order valence-electron chi connectivity index (χ2n) is 4.39. The van der Waals surface area contributed by atoms with Crippen molar-refractivity contribution in [1.29, 1.82) is 0 Å². The molecular formula is C13H23N3O. The van der Waals surface area contributed by atoms with E-state index in [1.807, 2.05) is 0 Å². The van der Waals surface area contributed by atoms with Crippen LogP contribution in [0.4, 0.5) is 0 Å². The van der Waals surface area contributed by atoms with Crippen LogP contribution in [-0.2, 0) is 11.2 Å². The minimum Gasteiger partial charge on any atom is -0.355 e. The number of aromatic amines is 1. The number of hydrogen-bond donors (Lipinski definition) is 2. The zero-order chi connectivity index (χ0) is 12.5. The quantitative estimate of drug-likeness (QED) is 0.728. The third kappa shape index (κ3) is 5.02. The third-order valence-corrected chi connectivity index (χ3v) is 2.89. The van der Waals surface area contributed by atoms with E-state index in [-0.39, 0.29) is 11.8 Å². The number of H-pyrrole nitrogens is 1. The van der Waals surface area contributed by atoms with E-state index in [1.54, 1.807) is 12.5 Å². The van der Waals surface area contributed by atoms with Crippen molar-refractivity contribution in [2.45, 2.75) is 46.0 Å². The molecule has 0 bridgehead atoms. The first kappa shape index (κ1) is 13.7. The first-order valence-electron chi connectivity index (χ1n) is 6.52. The van der Waals surface area contributed by atoms with E-state index in [0.717, 1.165) is 37.8 Å². The van der Waals surface area contributed by atoms with Crippen molar-refractivity contribution in [2.75, 3.05) is 6.54 Å². The Kier molecular flexibility index (Phi) is 6.37. The maximum absolute atomic E-state index is 11.9. The zero-order valence-corrected chi connectivity index (χ0v) is 10.8. The van der Waals surface area contributed by atoms with Gasteiger partial charge in [0.15, 0.2) is 0 Å². The minimum absolute atomic E-state index is 0.187. The molecule has 0 aliphatic rings. The molecule has 0 unspecified atom stereocenters. The molecule has 0 atom stereocenters. The van der Waals surface area contributed by atoms with E-state index in [4.69, 9.17) is 0 Å². The van der Waals surface area contributed by atoms with Gasteiger partial charge in [-0.3, -0.25) is 4.79 Å². The summed E-state index contributed by atoms with van der Waals surface area (Å²) >= 11 is 0. The van der Waals surface area contributed by atoms with E-state index in [9.17, 15) is 4.79 Å². The number of nitrogens with one attached hydrogen (secondary N) is 2. The molecule has 4 nitrogen and oxygen atoms in total. The van der Waals surface area contributed by atoms with Crippen molar-refractivity contribution in [3.05, 3.63) is 18.2 Å². The molecule has 1 aromatic heterocycles. The van der Waals surface area contributed by atoms with Crippen molar-refractivity contribution in [2.24, 2.45) is 5.92 Å². The highest BCUT2D eigenvalue weighted by atomic mass is 16.1. The smallest absolute Gasteiger partial charge is 0.223 e. The van der Waals surface area contributed by atoms with E-state index < -0.39 is 0 Å². The Morgan fingerprint density at radius 2 is 2.12 bits per heavy atom. The minimum atomic E-state index is 0.187. The summed E-state index contributed by atoms with van der Waals surface area (Å²) in [7, 11) is 0.